The maximum absolute atomic E-state index is 12.6. The van der Waals surface area contributed by atoms with E-state index in [2.05, 4.69) is 19.0 Å². The molecular weight excluding hydrogens is 357 g/mol. The fraction of sp³-hybridized carbons (Fsp3) is 0.550. The lowest BCUT2D eigenvalue weighted by Gasteiger charge is -2.17. The van der Waals surface area contributed by atoms with E-state index in [1.165, 1.54) is 6.08 Å². The Balaban J connectivity index is 2.63. The monoisotopic (exact) mass is 385 g/mol. The summed E-state index contributed by atoms with van der Waals surface area (Å²) in [6.07, 6.45) is 4.62. The fourth-order valence-corrected chi connectivity index (χ4v) is 2.40. The minimum atomic E-state index is -0.764. The number of benzene rings is 1. The molecule has 0 spiro atoms. The third-order valence-electron chi connectivity index (χ3n) is 3.59. The van der Waals surface area contributed by atoms with Crippen molar-refractivity contribution in [2.24, 2.45) is 5.16 Å². The van der Waals surface area contributed by atoms with Crippen LogP contribution in [0.5, 0.6) is 11.5 Å². The minimum absolute atomic E-state index is 0.0988. The van der Waals surface area contributed by atoms with E-state index in [0.29, 0.717) is 19.0 Å². The van der Waals surface area contributed by atoms with E-state index in [1.807, 2.05) is 26.0 Å². The summed E-state index contributed by atoms with van der Waals surface area (Å²) in [6.45, 7) is 9.26. The van der Waals surface area contributed by atoms with E-state index >= 15 is 0 Å². The van der Waals surface area contributed by atoms with Gasteiger partial charge in [-0.25, -0.2) is 0 Å². The van der Waals surface area contributed by atoms with Crippen molar-refractivity contribution in [3.63, 3.8) is 0 Å². The smallest absolute Gasteiger partial charge is 0.188 e. The van der Waals surface area contributed by atoms with Gasteiger partial charge in [0.1, 0.15) is 24.7 Å². The molecule has 0 fully saturated rings. The molecule has 0 saturated carbocycles. The second-order valence-corrected chi connectivity index (χ2v) is 6.37. The normalized spacial score (nSPS) is 11.2. The molecule has 0 bridgehead atoms. The quantitative estimate of drug-likeness (QED) is 0.259. The molecule has 0 aliphatic rings. The van der Waals surface area contributed by atoms with Crippen LogP contribution in [0.4, 0.5) is 4.39 Å². The number of nitrogens with zero attached hydrogens (tertiary/aromatic N) is 1. The first-order chi connectivity index (χ1) is 12.5. The first kappa shape index (κ1) is 22.3. The summed E-state index contributed by atoms with van der Waals surface area (Å²) in [5.41, 5.74) is 3.07. The van der Waals surface area contributed by atoms with E-state index in [4.69, 9.17) is 25.9 Å². The van der Waals surface area contributed by atoms with Crippen LogP contribution in [-0.4, -0.2) is 25.5 Å². The molecule has 0 aliphatic heterocycles. The lowest BCUT2D eigenvalue weighted by atomic mass is 10.0. The molecule has 0 aliphatic carbocycles. The Morgan fingerprint density at radius 3 is 2.23 bits per heavy atom. The summed E-state index contributed by atoms with van der Waals surface area (Å²) in [4.78, 5) is 5.18. The fourth-order valence-electron chi connectivity index (χ4n) is 2.33. The van der Waals surface area contributed by atoms with E-state index in [1.54, 1.807) is 0 Å². The Morgan fingerprint density at radius 2 is 1.69 bits per heavy atom. The molecule has 0 atom stereocenters. The Hall–Kier alpha value is -1.75. The average Bonchev–Trinajstić information content (AvgIpc) is 2.60. The van der Waals surface area contributed by atoms with E-state index in [0.717, 1.165) is 48.3 Å². The molecular formula is C20H29ClFNO3. The van der Waals surface area contributed by atoms with Gasteiger partial charge < -0.3 is 14.3 Å². The van der Waals surface area contributed by atoms with E-state index in [9.17, 15) is 4.39 Å². The van der Waals surface area contributed by atoms with Gasteiger partial charge in [-0.1, -0.05) is 30.6 Å². The second-order valence-electron chi connectivity index (χ2n) is 6.01. The number of ether oxygens (including phenoxy) is 2. The highest BCUT2D eigenvalue weighted by Gasteiger charge is 2.11. The van der Waals surface area contributed by atoms with Crippen molar-refractivity contribution >= 4 is 17.3 Å². The molecule has 6 heteroatoms. The molecule has 0 heterocycles. The highest BCUT2D eigenvalue weighted by atomic mass is 35.5. The molecule has 1 aromatic carbocycles. The van der Waals surface area contributed by atoms with Gasteiger partial charge in [0, 0.05) is 6.08 Å². The largest absolute Gasteiger partial charge is 0.493 e. The van der Waals surface area contributed by atoms with Crippen molar-refractivity contribution in [3.8, 4) is 11.5 Å². The molecule has 0 radical (unpaired) electrons. The Kier molecular flexibility index (Phi) is 10.8. The molecule has 26 heavy (non-hydrogen) atoms. The molecule has 0 saturated heterocycles. The number of hydrogen-bond acceptors (Lipinski definition) is 4. The highest BCUT2D eigenvalue weighted by Crippen LogP contribution is 2.31. The molecule has 0 amide bonds. The van der Waals surface area contributed by atoms with E-state index in [-0.39, 0.29) is 6.61 Å². The van der Waals surface area contributed by atoms with Gasteiger partial charge in [0.15, 0.2) is 5.29 Å². The Labute approximate surface area is 161 Å². The molecule has 4 nitrogen and oxygen atoms in total. The predicted molar refractivity (Wildman–Crippen MR) is 105 cm³/mol. The van der Waals surface area contributed by atoms with Gasteiger partial charge in [-0.2, -0.15) is 4.39 Å². The van der Waals surface area contributed by atoms with Gasteiger partial charge in [0.2, 0.25) is 0 Å². The molecule has 1 rings (SSSR count). The maximum Gasteiger partial charge on any atom is 0.188 e. The lowest BCUT2D eigenvalue weighted by Crippen LogP contribution is -2.05. The third kappa shape index (κ3) is 8.56. The predicted octanol–water partition coefficient (Wildman–Crippen LogP) is 5.81. The van der Waals surface area contributed by atoms with Gasteiger partial charge in [-0.15, -0.1) is 0 Å². The average molecular weight is 386 g/mol. The summed E-state index contributed by atoms with van der Waals surface area (Å²) in [7, 11) is 0. The summed E-state index contributed by atoms with van der Waals surface area (Å²) >= 11 is 5.18. The van der Waals surface area contributed by atoms with Crippen LogP contribution in [0.2, 0.25) is 0 Å². The van der Waals surface area contributed by atoms with Crippen molar-refractivity contribution < 1.29 is 18.7 Å². The number of aryl methyl sites for hydroxylation is 2. The first-order valence-electron chi connectivity index (χ1n) is 9.03. The van der Waals surface area contributed by atoms with Crippen LogP contribution in [-0.2, 0) is 17.7 Å². The number of hydrogen-bond donors (Lipinski definition) is 0. The summed E-state index contributed by atoms with van der Waals surface area (Å²) in [5, 5.41) is 3.14. The van der Waals surface area contributed by atoms with Crippen LogP contribution in [0.1, 0.15) is 51.7 Å². The second kappa shape index (κ2) is 12.6. The SMILES string of the molecule is CCc1cc(OC/C=C(\F)Cl)cc(CC)c1OCCCCON=C(C)C. The first-order valence-corrected chi connectivity index (χ1v) is 9.41. The van der Waals surface area contributed by atoms with Crippen LogP contribution in [0.25, 0.3) is 0 Å². The number of rotatable bonds is 12. The maximum atomic E-state index is 12.6. The number of unbranched alkanes of at least 4 members (excludes halogenated alkanes) is 1. The Morgan fingerprint density at radius 1 is 1.08 bits per heavy atom. The molecule has 0 N–H and O–H groups in total. The van der Waals surface area contributed by atoms with Gasteiger partial charge >= 0.3 is 0 Å². The van der Waals surface area contributed by atoms with Crippen molar-refractivity contribution in [3.05, 3.63) is 34.6 Å². The zero-order chi connectivity index (χ0) is 19.4. The van der Waals surface area contributed by atoms with Gasteiger partial charge in [-0.3, -0.25) is 0 Å². The zero-order valence-electron chi connectivity index (χ0n) is 16.1. The van der Waals surface area contributed by atoms with Crippen molar-refractivity contribution in [1.29, 1.82) is 0 Å². The molecule has 0 aromatic heterocycles. The topological polar surface area (TPSA) is 40.0 Å². The molecule has 1 aromatic rings. The van der Waals surface area contributed by atoms with Crippen LogP contribution in [0.3, 0.4) is 0 Å². The van der Waals surface area contributed by atoms with Crippen LogP contribution in [0.15, 0.2) is 28.7 Å². The van der Waals surface area contributed by atoms with Crippen molar-refractivity contribution in [2.75, 3.05) is 19.8 Å². The summed E-state index contributed by atoms with van der Waals surface area (Å²) < 4.78 is 24.2. The standard InChI is InChI=1S/C20H29ClFNO3/c1-5-16-13-18(24-12-9-19(21)22)14-17(6-2)20(16)25-10-7-8-11-26-23-15(3)4/h9,13-14H,5-8,10-12H2,1-4H3/b19-9-. The van der Waals surface area contributed by atoms with Gasteiger partial charge in [-0.05, 0) is 62.8 Å². The molecule has 0 unspecified atom stereocenters. The van der Waals surface area contributed by atoms with Crippen LogP contribution in [0, 0.1) is 0 Å². The van der Waals surface area contributed by atoms with Crippen LogP contribution >= 0.6 is 11.6 Å². The van der Waals surface area contributed by atoms with Gasteiger partial charge in [0.25, 0.3) is 0 Å². The van der Waals surface area contributed by atoms with Gasteiger partial charge in [0.05, 0.1) is 12.3 Å². The van der Waals surface area contributed by atoms with Crippen molar-refractivity contribution in [1.82, 2.24) is 0 Å². The minimum Gasteiger partial charge on any atom is -0.493 e. The lowest BCUT2D eigenvalue weighted by molar-refractivity contribution is 0.135. The highest BCUT2D eigenvalue weighted by molar-refractivity contribution is 6.28. The molecule has 146 valence electrons. The number of halogens is 2. The van der Waals surface area contributed by atoms with E-state index < -0.39 is 5.29 Å². The zero-order valence-corrected chi connectivity index (χ0v) is 16.9. The Bertz CT molecular complexity index is 584. The summed E-state index contributed by atoms with van der Waals surface area (Å²) in [6, 6.07) is 3.88. The number of oxime groups is 1. The summed E-state index contributed by atoms with van der Waals surface area (Å²) in [5.74, 6) is 1.62. The third-order valence-corrected chi connectivity index (χ3v) is 3.74. The van der Waals surface area contributed by atoms with Crippen molar-refractivity contribution in [2.45, 2.75) is 53.4 Å². The van der Waals surface area contributed by atoms with Crippen LogP contribution < -0.4 is 9.47 Å².